The van der Waals surface area contributed by atoms with Crippen LogP contribution >= 0.6 is 0 Å². The average molecular weight is 415 g/mol. The monoisotopic (exact) mass is 414 g/mol. The second kappa shape index (κ2) is 8.40. The Morgan fingerprint density at radius 1 is 1.19 bits per heavy atom. The first-order valence-corrected chi connectivity index (χ1v) is 10.4. The van der Waals surface area contributed by atoms with E-state index in [1.165, 1.54) is 5.56 Å². The molecular formula is C24H26N6O. The largest absolute Gasteiger partial charge is 0.393 e. The van der Waals surface area contributed by atoms with Gasteiger partial charge >= 0.3 is 0 Å². The molecule has 0 amide bonds. The summed E-state index contributed by atoms with van der Waals surface area (Å²) in [6.45, 7) is 6.63. The molecule has 0 spiro atoms. The van der Waals surface area contributed by atoms with E-state index in [9.17, 15) is 10.4 Å². The summed E-state index contributed by atoms with van der Waals surface area (Å²) in [6, 6.07) is 10.4. The summed E-state index contributed by atoms with van der Waals surface area (Å²) in [5.41, 5.74) is 5.04. The molecule has 4 rings (SSSR count). The molecule has 2 N–H and O–H groups in total. The quantitative estimate of drug-likeness (QED) is 0.633. The van der Waals surface area contributed by atoms with E-state index in [0.29, 0.717) is 30.2 Å². The molecule has 1 fully saturated rings. The maximum Gasteiger partial charge on any atom is 0.223 e. The molecule has 2 aromatic heterocycles. The van der Waals surface area contributed by atoms with Crippen molar-refractivity contribution in [2.75, 3.05) is 5.32 Å². The third-order valence-corrected chi connectivity index (χ3v) is 6.40. The van der Waals surface area contributed by atoms with Crippen LogP contribution in [0.1, 0.15) is 42.7 Å². The van der Waals surface area contributed by atoms with Gasteiger partial charge in [0.2, 0.25) is 5.95 Å². The van der Waals surface area contributed by atoms with Gasteiger partial charge in [-0.25, -0.2) is 19.9 Å². The van der Waals surface area contributed by atoms with Crippen LogP contribution in [0.5, 0.6) is 0 Å². The fraction of sp³-hybridized carbons (Fsp3) is 0.375. The number of rotatable bonds is 6. The third-order valence-electron chi connectivity index (χ3n) is 6.40. The molecule has 7 heteroatoms. The minimum atomic E-state index is -0.305. The van der Waals surface area contributed by atoms with E-state index >= 15 is 0 Å². The standard InChI is InChI=1S/C24H26N6O/c1-15-4-6-16(7-5-15)22-18(11-26-14-29-22)13-28-23-27-12-17(10-25)20(30-23)8-19-9-21(31)24(19,2)3/h4-7,11-12,14,19,21,31H,8-9,13H2,1-3H3,(H,27,28,30)/t19-,21-/m0/s1. The highest BCUT2D eigenvalue weighted by molar-refractivity contribution is 5.63. The van der Waals surface area contributed by atoms with Gasteiger partial charge in [0.1, 0.15) is 12.4 Å². The lowest BCUT2D eigenvalue weighted by Crippen LogP contribution is -2.50. The molecule has 7 nitrogen and oxygen atoms in total. The number of anilines is 1. The molecule has 2 heterocycles. The van der Waals surface area contributed by atoms with Crippen molar-refractivity contribution in [1.29, 1.82) is 5.26 Å². The van der Waals surface area contributed by atoms with E-state index in [0.717, 1.165) is 23.2 Å². The Kier molecular flexibility index (Phi) is 5.66. The summed E-state index contributed by atoms with van der Waals surface area (Å²) in [6.07, 6.45) is 5.97. The van der Waals surface area contributed by atoms with E-state index in [1.807, 2.05) is 12.1 Å². The molecule has 1 aromatic carbocycles. The van der Waals surface area contributed by atoms with Gasteiger partial charge in [-0.2, -0.15) is 5.26 Å². The Balaban J connectivity index is 1.52. The first-order chi connectivity index (χ1) is 14.9. The molecule has 1 saturated carbocycles. The summed E-state index contributed by atoms with van der Waals surface area (Å²) in [7, 11) is 0. The molecule has 3 aromatic rings. The Morgan fingerprint density at radius 2 is 1.97 bits per heavy atom. The summed E-state index contributed by atoms with van der Waals surface area (Å²) >= 11 is 0. The summed E-state index contributed by atoms with van der Waals surface area (Å²) in [4.78, 5) is 17.6. The van der Waals surface area contributed by atoms with Crippen LogP contribution in [-0.4, -0.2) is 31.1 Å². The van der Waals surface area contributed by atoms with Gasteiger partial charge in [-0.15, -0.1) is 0 Å². The average Bonchev–Trinajstić information content (AvgIpc) is 2.78. The summed E-state index contributed by atoms with van der Waals surface area (Å²) in [5.74, 6) is 0.749. The molecule has 158 valence electrons. The van der Waals surface area contributed by atoms with Crippen molar-refractivity contribution in [3.63, 3.8) is 0 Å². The van der Waals surface area contributed by atoms with Crippen LogP contribution in [0.3, 0.4) is 0 Å². The van der Waals surface area contributed by atoms with Crippen molar-refractivity contribution in [3.8, 4) is 17.3 Å². The van der Waals surface area contributed by atoms with Crippen LogP contribution in [0, 0.1) is 29.6 Å². The smallest absolute Gasteiger partial charge is 0.223 e. The molecule has 0 radical (unpaired) electrons. The number of aliphatic hydroxyl groups excluding tert-OH is 1. The van der Waals surface area contributed by atoms with E-state index in [-0.39, 0.29) is 17.4 Å². The van der Waals surface area contributed by atoms with E-state index in [2.05, 4.69) is 64.2 Å². The number of nitrogens with one attached hydrogen (secondary N) is 1. The second-order valence-corrected chi connectivity index (χ2v) is 8.76. The van der Waals surface area contributed by atoms with Gasteiger partial charge in [-0.1, -0.05) is 43.7 Å². The van der Waals surface area contributed by atoms with Crippen LogP contribution < -0.4 is 5.32 Å². The zero-order chi connectivity index (χ0) is 22.0. The van der Waals surface area contributed by atoms with Crippen molar-refractivity contribution >= 4 is 5.95 Å². The zero-order valence-electron chi connectivity index (χ0n) is 18.0. The van der Waals surface area contributed by atoms with Gasteiger partial charge in [-0.05, 0) is 31.1 Å². The van der Waals surface area contributed by atoms with Gasteiger partial charge in [0.05, 0.1) is 29.3 Å². The van der Waals surface area contributed by atoms with E-state index in [1.54, 1.807) is 18.7 Å². The molecule has 0 saturated heterocycles. The minimum Gasteiger partial charge on any atom is -0.393 e. The third kappa shape index (κ3) is 4.25. The van der Waals surface area contributed by atoms with Gasteiger partial charge < -0.3 is 10.4 Å². The molecule has 0 aliphatic heterocycles. The predicted octanol–water partition coefficient (Wildman–Crippen LogP) is 3.68. The molecule has 31 heavy (non-hydrogen) atoms. The Hall–Kier alpha value is -3.37. The number of aryl methyl sites for hydroxylation is 1. The van der Waals surface area contributed by atoms with Gasteiger partial charge in [0.15, 0.2) is 0 Å². The normalized spacial score (nSPS) is 19.3. The fourth-order valence-electron chi connectivity index (χ4n) is 3.95. The highest BCUT2D eigenvalue weighted by Gasteiger charge is 2.47. The topological polar surface area (TPSA) is 108 Å². The van der Waals surface area contributed by atoms with Crippen molar-refractivity contribution in [1.82, 2.24) is 19.9 Å². The highest BCUT2D eigenvalue weighted by Crippen LogP contribution is 2.47. The first kappa shape index (κ1) is 20.9. The number of nitriles is 1. The lowest BCUT2D eigenvalue weighted by molar-refractivity contribution is -0.0978. The maximum atomic E-state index is 10.0. The van der Waals surface area contributed by atoms with Crippen molar-refractivity contribution in [2.45, 2.75) is 46.3 Å². The molecule has 1 aliphatic carbocycles. The number of aliphatic hydroxyl groups is 1. The number of hydrogen-bond acceptors (Lipinski definition) is 7. The summed E-state index contributed by atoms with van der Waals surface area (Å²) < 4.78 is 0. The van der Waals surface area contributed by atoms with Crippen LogP contribution in [0.25, 0.3) is 11.3 Å². The highest BCUT2D eigenvalue weighted by atomic mass is 16.3. The molecule has 0 unspecified atom stereocenters. The summed E-state index contributed by atoms with van der Waals surface area (Å²) in [5, 5.41) is 22.7. The lowest BCUT2D eigenvalue weighted by atomic mass is 9.58. The van der Waals surface area contributed by atoms with E-state index in [4.69, 9.17) is 0 Å². The van der Waals surface area contributed by atoms with E-state index < -0.39 is 0 Å². The van der Waals surface area contributed by atoms with Crippen LogP contribution in [0.4, 0.5) is 5.95 Å². The minimum absolute atomic E-state index is 0.171. The SMILES string of the molecule is Cc1ccc(-c2ncncc2CNc2ncc(C#N)c(C[C@H]3C[C@H](O)C3(C)C)n2)cc1. The number of aromatic nitrogens is 4. The maximum absolute atomic E-state index is 10.0. The van der Waals surface area contributed by atoms with Crippen LogP contribution in [0.15, 0.2) is 43.0 Å². The molecular weight excluding hydrogens is 388 g/mol. The van der Waals surface area contributed by atoms with Gasteiger partial charge in [-0.3, -0.25) is 0 Å². The Labute approximate surface area is 182 Å². The second-order valence-electron chi connectivity index (χ2n) is 8.76. The first-order valence-electron chi connectivity index (χ1n) is 10.4. The predicted molar refractivity (Wildman–Crippen MR) is 118 cm³/mol. The number of benzene rings is 1. The van der Waals surface area contributed by atoms with Crippen molar-refractivity contribution < 1.29 is 5.11 Å². The number of nitrogens with zero attached hydrogens (tertiary/aromatic N) is 5. The van der Waals surface area contributed by atoms with Crippen molar-refractivity contribution in [3.05, 3.63) is 65.4 Å². The van der Waals surface area contributed by atoms with Gasteiger partial charge in [0, 0.05) is 23.9 Å². The lowest BCUT2D eigenvalue weighted by Gasteiger charge is -2.49. The molecule has 1 aliphatic rings. The molecule has 0 bridgehead atoms. The molecule has 2 atom stereocenters. The van der Waals surface area contributed by atoms with Crippen LogP contribution in [-0.2, 0) is 13.0 Å². The number of hydrogen-bond donors (Lipinski definition) is 2. The Morgan fingerprint density at radius 3 is 2.65 bits per heavy atom. The van der Waals surface area contributed by atoms with Gasteiger partial charge in [0.25, 0.3) is 0 Å². The Bertz CT molecular complexity index is 1120. The van der Waals surface area contributed by atoms with Crippen LogP contribution in [0.2, 0.25) is 0 Å². The zero-order valence-corrected chi connectivity index (χ0v) is 18.0. The van der Waals surface area contributed by atoms with Crippen molar-refractivity contribution in [2.24, 2.45) is 11.3 Å². The fourth-order valence-corrected chi connectivity index (χ4v) is 3.95.